The van der Waals surface area contributed by atoms with Crippen LogP contribution in [-0.4, -0.2) is 72.4 Å². The smallest absolute Gasteiger partial charge is 0.191 e. The van der Waals surface area contributed by atoms with Gasteiger partial charge < -0.3 is 20.1 Å². The standard InChI is InChI=1S/C15H31N3O4S/c1-3-23(19,20)12-8-18-15(16-2)17-7-4-9-22-13-14-5-10-21-11-6-14/h14H,3-13H2,1-2H3,(H2,16,17,18). The van der Waals surface area contributed by atoms with Gasteiger partial charge in [-0.2, -0.15) is 0 Å². The summed E-state index contributed by atoms with van der Waals surface area (Å²) in [4.78, 5) is 4.07. The minimum Gasteiger partial charge on any atom is -0.381 e. The fourth-order valence-electron chi connectivity index (χ4n) is 2.23. The van der Waals surface area contributed by atoms with Crippen LogP contribution in [0, 0.1) is 5.92 Å². The summed E-state index contributed by atoms with van der Waals surface area (Å²) in [5.41, 5.74) is 0. The van der Waals surface area contributed by atoms with E-state index in [0.717, 1.165) is 45.6 Å². The van der Waals surface area contributed by atoms with Gasteiger partial charge in [0.05, 0.1) is 5.75 Å². The van der Waals surface area contributed by atoms with Gasteiger partial charge in [-0.1, -0.05) is 6.92 Å². The van der Waals surface area contributed by atoms with Crippen molar-refractivity contribution in [2.75, 3.05) is 58.1 Å². The molecule has 0 saturated carbocycles. The third-order valence-corrected chi connectivity index (χ3v) is 5.53. The fourth-order valence-corrected chi connectivity index (χ4v) is 2.94. The average molecular weight is 349 g/mol. The molecule has 0 amide bonds. The molecule has 0 aliphatic carbocycles. The molecule has 1 heterocycles. The number of ether oxygens (including phenoxy) is 2. The van der Waals surface area contributed by atoms with Gasteiger partial charge in [-0.3, -0.25) is 4.99 Å². The summed E-state index contributed by atoms with van der Waals surface area (Å²) in [5, 5.41) is 6.16. The van der Waals surface area contributed by atoms with Crippen LogP contribution in [0.3, 0.4) is 0 Å². The highest BCUT2D eigenvalue weighted by molar-refractivity contribution is 7.91. The van der Waals surface area contributed by atoms with E-state index in [1.54, 1.807) is 14.0 Å². The lowest BCUT2D eigenvalue weighted by molar-refractivity contribution is 0.0203. The lowest BCUT2D eigenvalue weighted by atomic mass is 10.0. The minimum atomic E-state index is -2.94. The number of aliphatic imine (C=N–C) groups is 1. The van der Waals surface area contributed by atoms with Gasteiger partial charge in [0.15, 0.2) is 15.8 Å². The monoisotopic (exact) mass is 349 g/mol. The quantitative estimate of drug-likeness (QED) is 0.338. The van der Waals surface area contributed by atoms with Crippen LogP contribution in [0.25, 0.3) is 0 Å². The molecule has 0 spiro atoms. The summed E-state index contributed by atoms with van der Waals surface area (Å²) < 4.78 is 33.8. The zero-order valence-electron chi connectivity index (χ0n) is 14.3. The van der Waals surface area contributed by atoms with Crippen molar-refractivity contribution in [3.63, 3.8) is 0 Å². The van der Waals surface area contributed by atoms with Crippen molar-refractivity contribution in [1.82, 2.24) is 10.6 Å². The van der Waals surface area contributed by atoms with Crippen molar-refractivity contribution < 1.29 is 17.9 Å². The summed E-state index contributed by atoms with van der Waals surface area (Å²) >= 11 is 0. The van der Waals surface area contributed by atoms with E-state index in [1.165, 1.54) is 0 Å². The number of nitrogens with zero attached hydrogens (tertiary/aromatic N) is 1. The van der Waals surface area contributed by atoms with E-state index in [2.05, 4.69) is 15.6 Å². The predicted octanol–water partition coefficient (Wildman–Crippen LogP) is 0.419. The second kappa shape index (κ2) is 11.6. The molecule has 8 heteroatoms. The lowest BCUT2D eigenvalue weighted by Gasteiger charge is -2.21. The van der Waals surface area contributed by atoms with Crippen molar-refractivity contribution in [2.45, 2.75) is 26.2 Å². The molecular weight excluding hydrogens is 318 g/mol. The molecule has 0 radical (unpaired) electrons. The zero-order chi connectivity index (χ0) is 17.0. The largest absolute Gasteiger partial charge is 0.381 e. The second-order valence-electron chi connectivity index (χ2n) is 5.65. The highest BCUT2D eigenvalue weighted by Crippen LogP contribution is 2.14. The van der Waals surface area contributed by atoms with Crippen LogP contribution in [0.15, 0.2) is 4.99 Å². The first kappa shape index (κ1) is 20.2. The Morgan fingerprint density at radius 2 is 1.96 bits per heavy atom. The molecule has 1 fully saturated rings. The molecule has 1 aliphatic heterocycles. The van der Waals surface area contributed by atoms with Crippen LogP contribution in [0.4, 0.5) is 0 Å². The highest BCUT2D eigenvalue weighted by atomic mass is 32.2. The molecule has 7 nitrogen and oxygen atoms in total. The van der Waals surface area contributed by atoms with Gasteiger partial charge in [0.25, 0.3) is 0 Å². The molecule has 0 aromatic heterocycles. The van der Waals surface area contributed by atoms with E-state index in [4.69, 9.17) is 9.47 Å². The Kier molecular flexibility index (Phi) is 10.2. The van der Waals surface area contributed by atoms with E-state index < -0.39 is 9.84 Å². The molecule has 1 aliphatic rings. The topological polar surface area (TPSA) is 89.0 Å². The third kappa shape index (κ3) is 9.78. The summed E-state index contributed by atoms with van der Waals surface area (Å²) in [6, 6.07) is 0. The number of hydrogen-bond acceptors (Lipinski definition) is 5. The van der Waals surface area contributed by atoms with E-state index in [0.29, 0.717) is 25.0 Å². The molecule has 23 heavy (non-hydrogen) atoms. The fraction of sp³-hybridized carbons (Fsp3) is 0.933. The van der Waals surface area contributed by atoms with Gasteiger partial charge in [0, 0.05) is 52.3 Å². The Labute approximate surface area is 140 Å². The van der Waals surface area contributed by atoms with Crippen LogP contribution in [0.5, 0.6) is 0 Å². The van der Waals surface area contributed by atoms with E-state index in [-0.39, 0.29) is 11.5 Å². The lowest BCUT2D eigenvalue weighted by Crippen LogP contribution is -2.40. The highest BCUT2D eigenvalue weighted by Gasteiger charge is 2.13. The Hall–Kier alpha value is -0.860. The van der Waals surface area contributed by atoms with Gasteiger partial charge in [-0.25, -0.2) is 8.42 Å². The first-order chi connectivity index (χ1) is 11.1. The van der Waals surface area contributed by atoms with Crippen molar-refractivity contribution in [3.8, 4) is 0 Å². The van der Waals surface area contributed by atoms with E-state index in [9.17, 15) is 8.42 Å². The molecule has 0 unspecified atom stereocenters. The molecule has 0 aromatic carbocycles. The Morgan fingerprint density at radius 1 is 1.26 bits per heavy atom. The summed E-state index contributed by atoms with van der Waals surface area (Å²) in [5.74, 6) is 1.55. The zero-order valence-corrected chi connectivity index (χ0v) is 15.2. The Bertz CT molecular complexity index is 434. The molecule has 1 saturated heterocycles. The van der Waals surface area contributed by atoms with Crippen LogP contribution in [0.1, 0.15) is 26.2 Å². The first-order valence-electron chi connectivity index (χ1n) is 8.38. The molecule has 0 bridgehead atoms. The summed E-state index contributed by atoms with van der Waals surface area (Å²) in [7, 11) is -1.27. The number of nitrogens with one attached hydrogen (secondary N) is 2. The maximum atomic E-state index is 11.4. The summed E-state index contributed by atoms with van der Waals surface area (Å²) in [6.45, 7) is 6.00. The molecule has 1 rings (SSSR count). The number of guanidine groups is 1. The van der Waals surface area contributed by atoms with Crippen molar-refractivity contribution in [2.24, 2.45) is 10.9 Å². The van der Waals surface area contributed by atoms with Crippen molar-refractivity contribution >= 4 is 15.8 Å². The Morgan fingerprint density at radius 3 is 2.61 bits per heavy atom. The van der Waals surface area contributed by atoms with Gasteiger partial charge >= 0.3 is 0 Å². The SMILES string of the molecule is CCS(=O)(=O)CCNC(=NC)NCCCOCC1CCOCC1. The molecule has 136 valence electrons. The van der Waals surface area contributed by atoms with Gasteiger partial charge in [-0.05, 0) is 25.2 Å². The minimum absolute atomic E-state index is 0.123. The van der Waals surface area contributed by atoms with Crippen molar-refractivity contribution in [3.05, 3.63) is 0 Å². The average Bonchev–Trinajstić information content (AvgIpc) is 2.57. The van der Waals surface area contributed by atoms with Gasteiger partial charge in [-0.15, -0.1) is 0 Å². The van der Waals surface area contributed by atoms with Crippen LogP contribution < -0.4 is 10.6 Å². The van der Waals surface area contributed by atoms with Crippen LogP contribution in [-0.2, 0) is 19.3 Å². The number of sulfone groups is 1. The van der Waals surface area contributed by atoms with Crippen LogP contribution >= 0.6 is 0 Å². The van der Waals surface area contributed by atoms with Crippen molar-refractivity contribution in [1.29, 1.82) is 0 Å². The molecule has 0 aromatic rings. The second-order valence-corrected chi connectivity index (χ2v) is 8.12. The first-order valence-corrected chi connectivity index (χ1v) is 10.2. The van der Waals surface area contributed by atoms with E-state index >= 15 is 0 Å². The maximum absolute atomic E-state index is 11.4. The third-order valence-electron chi connectivity index (χ3n) is 3.82. The predicted molar refractivity (Wildman–Crippen MR) is 92.7 cm³/mol. The Balaban J connectivity index is 2.02. The van der Waals surface area contributed by atoms with E-state index in [1.807, 2.05) is 0 Å². The number of hydrogen-bond donors (Lipinski definition) is 2. The summed E-state index contributed by atoms with van der Waals surface area (Å²) in [6.07, 6.45) is 3.07. The van der Waals surface area contributed by atoms with Gasteiger partial charge in [0.1, 0.15) is 0 Å². The molecule has 2 N–H and O–H groups in total. The molecular formula is C15H31N3O4S. The normalized spacial score (nSPS) is 17.2. The van der Waals surface area contributed by atoms with Crippen LogP contribution in [0.2, 0.25) is 0 Å². The number of rotatable bonds is 10. The maximum Gasteiger partial charge on any atom is 0.191 e. The van der Waals surface area contributed by atoms with Gasteiger partial charge in [0.2, 0.25) is 0 Å². The molecule has 0 atom stereocenters.